The van der Waals surface area contributed by atoms with E-state index >= 15 is 0 Å². The molecule has 0 bridgehead atoms. The molecule has 1 aliphatic rings. The van der Waals surface area contributed by atoms with Crippen molar-refractivity contribution in [1.82, 2.24) is 0 Å². The number of carbonyl (C=O) groups is 1. The zero-order chi connectivity index (χ0) is 16.4. The number of hydrogen-bond donors (Lipinski definition) is 1. The van der Waals surface area contributed by atoms with Gasteiger partial charge in [-0.25, -0.2) is 0 Å². The Morgan fingerprint density at radius 2 is 2.00 bits per heavy atom. The fourth-order valence-corrected chi connectivity index (χ4v) is 2.85. The zero-order valence-corrected chi connectivity index (χ0v) is 13.8. The van der Waals surface area contributed by atoms with Gasteiger partial charge < -0.3 is 15.0 Å². The number of benzene rings is 2. The van der Waals surface area contributed by atoms with Crippen molar-refractivity contribution in [3.63, 3.8) is 0 Å². The van der Waals surface area contributed by atoms with Crippen LogP contribution in [0.4, 0.5) is 11.4 Å². The number of hydrogen-bond acceptors (Lipinski definition) is 3. The number of fused-ring (bicyclic) bond motifs is 1. The zero-order valence-electron chi connectivity index (χ0n) is 13.8. The average Bonchev–Trinajstić information content (AvgIpc) is 2.53. The number of anilines is 2. The van der Waals surface area contributed by atoms with Crippen molar-refractivity contribution in [2.75, 3.05) is 16.8 Å². The summed E-state index contributed by atoms with van der Waals surface area (Å²) in [6, 6.07) is 14.4. The van der Waals surface area contributed by atoms with Crippen LogP contribution in [0.2, 0.25) is 0 Å². The third kappa shape index (κ3) is 3.16. The van der Waals surface area contributed by atoms with E-state index in [2.05, 4.69) is 24.4 Å². The maximum atomic E-state index is 12.0. The highest BCUT2D eigenvalue weighted by atomic mass is 16.5. The predicted molar refractivity (Wildman–Crippen MR) is 93.1 cm³/mol. The molecule has 1 amide bonds. The van der Waals surface area contributed by atoms with Crippen molar-refractivity contribution >= 4 is 17.3 Å². The van der Waals surface area contributed by atoms with Crippen LogP contribution in [-0.4, -0.2) is 18.6 Å². The maximum absolute atomic E-state index is 12.0. The lowest BCUT2D eigenvalue weighted by Crippen LogP contribution is -2.43. The number of aryl methyl sites for hydroxylation is 1. The van der Waals surface area contributed by atoms with Crippen molar-refractivity contribution in [2.45, 2.75) is 33.4 Å². The molecular weight excluding hydrogens is 288 g/mol. The molecule has 0 radical (unpaired) electrons. The van der Waals surface area contributed by atoms with Gasteiger partial charge in [0.2, 0.25) is 0 Å². The monoisotopic (exact) mass is 310 g/mol. The van der Waals surface area contributed by atoms with Crippen LogP contribution in [0, 0.1) is 6.92 Å². The number of rotatable bonds is 4. The van der Waals surface area contributed by atoms with Gasteiger partial charge in [0.15, 0.2) is 6.61 Å². The molecule has 0 spiro atoms. The van der Waals surface area contributed by atoms with E-state index in [1.54, 1.807) is 4.90 Å². The standard InChI is InChI=1S/C19H22N2O2/c1-13(2)21-17-9-8-16(10-18(17)23-12-19(21)22)20-11-15-7-5-4-6-14(15)3/h4-10,13,20H,11-12H2,1-3H3. The summed E-state index contributed by atoms with van der Waals surface area (Å²) in [6.07, 6.45) is 0. The first kappa shape index (κ1) is 15.4. The Labute approximate surface area is 137 Å². The molecule has 1 heterocycles. The van der Waals surface area contributed by atoms with Crippen molar-refractivity contribution in [3.8, 4) is 5.75 Å². The van der Waals surface area contributed by atoms with Crippen LogP contribution in [0.25, 0.3) is 0 Å². The van der Waals surface area contributed by atoms with E-state index < -0.39 is 0 Å². The highest BCUT2D eigenvalue weighted by Gasteiger charge is 2.27. The van der Waals surface area contributed by atoms with Crippen molar-refractivity contribution in [1.29, 1.82) is 0 Å². The van der Waals surface area contributed by atoms with Crippen molar-refractivity contribution in [2.24, 2.45) is 0 Å². The molecule has 0 saturated carbocycles. The van der Waals surface area contributed by atoms with Crippen molar-refractivity contribution < 1.29 is 9.53 Å². The summed E-state index contributed by atoms with van der Waals surface area (Å²) in [7, 11) is 0. The van der Waals surface area contributed by atoms with Gasteiger partial charge in [-0.05, 0) is 44.0 Å². The molecule has 23 heavy (non-hydrogen) atoms. The van der Waals surface area contributed by atoms with Crippen molar-refractivity contribution in [3.05, 3.63) is 53.6 Å². The van der Waals surface area contributed by atoms with Gasteiger partial charge in [0.05, 0.1) is 5.69 Å². The fourth-order valence-electron chi connectivity index (χ4n) is 2.85. The smallest absolute Gasteiger partial charge is 0.265 e. The molecule has 0 fully saturated rings. The molecule has 1 N–H and O–H groups in total. The van der Waals surface area contributed by atoms with Crippen LogP contribution >= 0.6 is 0 Å². The molecule has 2 aromatic carbocycles. The van der Waals surface area contributed by atoms with Crippen LogP contribution in [-0.2, 0) is 11.3 Å². The molecule has 4 heteroatoms. The van der Waals surface area contributed by atoms with Gasteiger partial charge in [0.25, 0.3) is 5.91 Å². The van der Waals surface area contributed by atoms with Gasteiger partial charge in [-0.1, -0.05) is 24.3 Å². The highest BCUT2D eigenvalue weighted by molar-refractivity contribution is 5.98. The molecule has 120 valence electrons. The summed E-state index contributed by atoms with van der Waals surface area (Å²) >= 11 is 0. The van der Waals surface area contributed by atoms with Gasteiger partial charge in [-0.15, -0.1) is 0 Å². The summed E-state index contributed by atoms with van der Waals surface area (Å²) < 4.78 is 5.60. The average molecular weight is 310 g/mol. The predicted octanol–water partition coefficient (Wildman–Crippen LogP) is 3.74. The third-order valence-electron chi connectivity index (χ3n) is 4.10. The van der Waals surface area contributed by atoms with Crippen LogP contribution in [0.5, 0.6) is 5.75 Å². The van der Waals surface area contributed by atoms with E-state index in [0.29, 0.717) is 0 Å². The number of ether oxygens (including phenoxy) is 1. The SMILES string of the molecule is Cc1ccccc1CNc1ccc2c(c1)OCC(=O)N2C(C)C. The van der Waals surface area contributed by atoms with E-state index in [-0.39, 0.29) is 18.6 Å². The Morgan fingerprint density at radius 3 is 2.74 bits per heavy atom. The molecule has 0 aromatic heterocycles. The summed E-state index contributed by atoms with van der Waals surface area (Å²) in [5.74, 6) is 0.765. The van der Waals surface area contributed by atoms with Gasteiger partial charge in [0.1, 0.15) is 5.75 Å². The second-order valence-corrected chi connectivity index (χ2v) is 6.11. The van der Waals surface area contributed by atoms with Crippen LogP contribution in [0.3, 0.4) is 0 Å². The first-order valence-electron chi connectivity index (χ1n) is 7.93. The van der Waals surface area contributed by atoms with Gasteiger partial charge in [-0.2, -0.15) is 0 Å². The molecule has 0 aliphatic carbocycles. The molecule has 0 unspecified atom stereocenters. The lowest BCUT2D eigenvalue weighted by atomic mass is 10.1. The first-order chi connectivity index (χ1) is 11.1. The van der Waals surface area contributed by atoms with E-state index in [9.17, 15) is 4.79 Å². The summed E-state index contributed by atoms with van der Waals surface area (Å²) in [4.78, 5) is 13.8. The topological polar surface area (TPSA) is 41.6 Å². The highest BCUT2D eigenvalue weighted by Crippen LogP contribution is 2.35. The molecule has 3 rings (SSSR count). The van der Waals surface area contributed by atoms with Gasteiger partial charge in [0, 0.05) is 24.3 Å². The number of nitrogens with one attached hydrogen (secondary N) is 1. The second kappa shape index (κ2) is 6.32. The normalized spacial score (nSPS) is 13.7. The number of carbonyl (C=O) groups excluding carboxylic acids is 1. The molecule has 4 nitrogen and oxygen atoms in total. The molecule has 0 saturated heterocycles. The Kier molecular flexibility index (Phi) is 4.24. The van der Waals surface area contributed by atoms with E-state index in [1.807, 2.05) is 44.2 Å². The Morgan fingerprint density at radius 1 is 1.22 bits per heavy atom. The van der Waals surface area contributed by atoms with E-state index in [0.717, 1.165) is 23.7 Å². The van der Waals surface area contributed by atoms with Crippen LogP contribution < -0.4 is 15.0 Å². The quantitative estimate of drug-likeness (QED) is 0.935. The molecule has 1 aliphatic heterocycles. The maximum Gasteiger partial charge on any atom is 0.265 e. The summed E-state index contributed by atoms with van der Waals surface area (Å²) in [5.41, 5.74) is 4.37. The Balaban J connectivity index is 1.79. The lowest BCUT2D eigenvalue weighted by molar-refractivity contribution is -0.121. The lowest BCUT2D eigenvalue weighted by Gasteiger charge is -2.32. The fraction of sp³-hybridized carbons (Fsp3) is 0.316. The van der Waals surface area contributed by atoms with E-state index in [4.69, 9.17) is 4.74 Å². The van der Waals surface area contributed by atoms with Gasteiger partial charge in [-0.3, -0.25) is 4.79 Å². The van der Waals surface area contributed by atoms with Crippen LogP contribution in [0.15, 0.2) is 42.5 Å². The summed E-state index contributed by atoms with van der Waals surface area (Å²) in [6.45, 7) is 7.00. The largest absolute Gasteiger partial charge is 0.481 e. The Hall–Kier alpha value is -2.49. The molecule has 2 aromatic rings. The first-order valence-corrected chi connectivity index (χ1v) is 7.93. The Bertz CT molecular complexity index is 725. The summed E-state index contributed by atoms with van der Waals surface area (Å²) in [5, 5.41) is 3.42. The second-order valence-electron chi connectivity index (χ2n) is 6.11. The minimum Gasteiger partial charge on any atom is -0.481 e. The van der Waals surface area contributed by atoms with Gasteiger partial charge >= 0.3 is 0 Å². The van der Waals surface area contributed by atoms with Crippen LogP contribution in [0.1, 0.15) is 25.0 Å². The number of nitrogens with zero attached hydrogens (tertiary/aromatic N) is 1. The molecular formula is C19H22N2O2. The minimum absolute atomic E-state index is 0.00752. The minimum atomic E-state index is 0.00752. The number of amides is 1. The third-order valence-corrected chi connectivity index (χ3v) is 4.10. The molecule has 0 atom stereocenters. The van der Waals surface area contributed by atoms with E-state index in [1.165, 1.54) is 11.1 Å².